The second-order valence-corrected chi connectivity index (χ2v) is 5.07. The zero-order valence-electron chi connectivity index (χ0n) is 12.9. The number of halogens is 1. The van der Waals surface area contributed by atoms with Gasteiger partial charge < -0.3 is 15.8 Å². The Labute approximate surface area is 134 Å². The van der Waals surface area contributed by atoms with Crippen LogP contribution in [0.1, 0.15) is 12.5 Å². The lowest BCUT2D eigenvalue weighted by Crippen LogP contribution is -2.32. The number of guanidine groups is 1. The molecule has 0 saturated carbocycles. The summed E-state index contributed by atoms with van der Waals surface area (Å²) in [5.41, 5.74) is 7.36. The molecule has 2 aromatic rings. The van der Waals surface area contributed by atoms with E-state index in [-0.39, 0.29) is 12.3 Å². The number of ether oxygens (including phenoxy) is 1. The average molecular weight is 314 g/mol. The van der Waals surface area contributed by atoms with E-state index in [1.54, 1.807) is 30.5 Å². The first-order valence-electron chi connectivity index (χ1n) is 7.09. The largest absolute Gasteiger partial charge is 0.453 e. The number of pyridine rings is 1. The first-order chi connectivity index (χ1) is 11.0. The third-order valence-corrected chi connectivity index (χ3v) is 2.86. The number of aliphatic imine (C=N–C) groups is 1. The highest BCUT2D eigenvalue weighted by atomic mass is 19.1. The topological polar surface area (TPSA) is 72.5 Å². The lowest BCUT2D eigenvalue weighted by atomic mass is 10.2. The van der Waals surface area contributed by atoms with E-state index in [4.69, 9.17) is 10.5 Å². The van der Waals surface area contributed by atoms with E-state index in [1.807, 2.05) is 6.92 Å². The summed E-state index contributed by atoms with van der Waals surface area (Å²) in [7, 11) is 0. The van der Waals surface area contributed by atoms with Gasteiger partial charge in [-0.1, -0.05) is 18.2 Å². The van der Waals surface area contributed by atoms with Gasteiger partial charge in [0.15, 0.2) is 17.5 Å². The fourth-order valence-corrected chi connectivity index (χ4v) is 1.73. The fourth-order valence-electron chi connectivity index (χ4n) is 1.73. The van der Waals surface area contributed by atoms with Crippen molar-refractivity contribution in [2.45, 2.75) is 13.5 Å². The molecule has 6 heteroatoms. The van der Waals surface area contributed by atoms with Gasteiger partial charge in [-0.05, 0) is 36.8 Å². The van der Waals surface area contributed by atoms with Gasteiger partial charge in [0.1, 0.15) is 5.75 Å². The molecule has 0 radical (unpaired) electrons. The Bertz CT molecular complexity index is 701. The van der Waals surface area contributed by atoms with Crippen LogP contribution in [0.3, 0.4) is 0 Å². The Morgan fingerprint density at radius 1 is 1.43 bits per heavy atom. The van der Waals surface area contributed by atoms with Crippen LogP contribution in [0.2, 0.25) is 0 Å². The minimum Gasteiger partial charge on any atom is -0.453 e. The van der Waals surface area contributed by atoms with Crippen molar-refractivity contribution in [1.29, 1.82) is 0 Å². The van der Waals surface area contributed by atoms with Crippen molar-refractivity contribution in [1.82, 2.24) is 10.3 Å². The summed E-state index contributed by atoms with van der Waals surface area (Å²) in [4.78, 5) is 8.06. The number of aromatic nitrogens is 1. The van der Waals surface area contributed by atoms with Crippen LogP contribution < -0.4 is 15.8 Å². The van der Waals surface area contributed by atoms with E-state index in [0.717, 1.165) is 5.57 Å². The number of hydrogen-bond acceptors (Lipinski definition) is 3. The Morgan fingerprint density at radius 2 is 2.26 bits per heavy atom. The number of nitrogens with two attached hydrogens (primary N) is 1. The van der Waals surface area contributed by atoms with Crippen molar-refractivity contribution in [3.63, 3.8) is 0 Å². The summed E-state index contributed by atoms with van der Waals surface area (Å²) in [5.74, 6) is 0.448. The van der Waals surface area contributed by atoms with E-state index < -0.39 is 5.82 Å². The fraction of sp³-hybridized carbons (Fsp3) is 0.176. The number of hydrogen-bond donors (Lipinski definition) is 2. The predicted molar refractivity (Wildman–Crippen MR) is 88.9 cm³/mol. The molecule has 0 amide bonds. The van der Waals surface area contributed by atoms with Gasteiger partial charge in [-0.3, -0.25) is 4.98 Å². The Balaban J connectivity index is 1.99. The normalized spacial score (nSPS) is 11.1. The van der Waals surface area contributed by atoms with Gasteiger partial charge in [0.25, 0.3) is 0 Å². The molecule has 0 aliphatic carbocycles. The van der Waals surface area contributed by atoms with E-state index in [2.05, 4.69) is 21.9 Å². The highest BCUT2D eigenvalue weighted by molar-refractivity contribution is 5.78. The zero-order valence-corrected chi connectivity index (χ0v) is 12.9. The summed E-state index contributed by atoms with van der Waals surface area (Å²) < 4.78 is 19.5. The van der Waals surface area contributed by atoms with Crippen molar-refractivity contribution in [2.24, 2.45) is 10.7 Å². The molecule has 120 valence electrons. The molecule has 1 aromatic carbocycles. The van der Waals surface area contributed by atoms with Gasteiger partial charge in [0, 0.05) is 12.7 Å². The molecule has 0 fully saturated rings. The standard InChI is InChI=1S/C17H19FN4O/c1-12(2)9-21-17(19)22-10-13-5-6-16(15(18)8-13)23-14-4-3-7-20-11-14/h3-8,11H,1,9-10H2,2H3,(H3,19,21,22). The van der Waals surface area contributed by atoms with Gasteiger partial charge in [0.2, 0.25) is 0 Å². The molecule has 5 nitrogen and oxygen atoms in total. The zero-order chi connectivity index (χ0) is 16.7. The molecule has 0 saturated heterocycles. The minimum atomic E-state index is -0.463. The van der Waals surface area contributed by atoms with Gasteiger partial charge in [-0.15, -0.1) is 0 Å². The molecular weight excluding hydrogens is 295 g/mol. The minimum absolute atomic E-state index is 0.138. The second kappa shape index (κ2) is 7.93. The molecular formula is C17H19FN4O. The van der Waals surface area contributed by atoms with Crippen molar-refractivity contribution in [3.05, 3.63) is 66.3 Å². The summed E-state index contributed by atoms with van der Waals surface area (Å²) in [5, 5.41) is 2.91. The van der Waals surface area contributed by atoms with Crippen LogP contribution in [0.25, 0.3) is 0 Å². The highest BCUT2D eigenvalue weighted by Crippen LogP contribution is 2.24. The second-order valence-electron chi connectivity index (χ2n) is 5.07. The molecule has 1 heterocycles. The SMILES string of the molecule is C=C(C)CNC(N)=NCc1ccc(Oc2cccnc2)c(F)c1. The van der Waals surface area contributed by atoms with Crippen molar-refractivity contribution >= 4 is 5.96 Å². The van der Waals surface area contributed by atoms with Gasteiger partial charge >= 0.3 is 0 Å². The molecule has 0 bridgehead atoms. The van der Waals surface area contributed by atoms with Crippen LogP contribution in [-0.4, -0.2) is 17.5 Å². The van der Waals surface area contributed by atoms with Crippen LogP contribution >= 0.6 is 0 Å². The summed E-state index contributed by atoms with van der Waals surface area (Å²) >= 11 is 0. The van der Waals surface area contributed by atoms with Crippen LogP contribution in [0.4, 0.5) is 4.39 Å². The van der Waals surface area contributed by atoms with Gasteiger partial charge in [-0.25, -0.2) is 9.38 Å². The lowest BCUT2D eigenvalue weighted by molar-refractivity contribution is 0.440. The molecule has 23 heavy (non-hydrogen) atoms. The Morgan fingerprint density at radius 3 is 2.91 bits per heavy atom. The van der Waals surface area contributed by atoms with Gasteiger partial charge in [0.05, 0.1) is 12.7 Å². The Hall–Kier alpha value is -2.89. The lowest BCUT2D eigenvalue weighted by Gasteiger charge is -2.08. The summed E-state index contributed by atoms with van der Waals surface area (Å²) in [6.45, 7) is 6.48. The molecule has 2 rings (SSSR count). The maximum atomic E-state index is 14.1. The van der Waals surface area contributed by atoms with E-state index in [0.29, 0.717) is 23.8 Å². The summed E-state index contributed by atoms with van der Waals surface area (Å²) in [6, 6.07) is 8.10. The molecule has 1 aromatic heterocycles. The van der Waals surface area contributed by atoms with Crippen LogP contribution in [0.5, 0.6) is 11.5 Å². The molecule has 0 unspecified atom stereocenters. The highest BCUT2D eigenvalue weighted by Gasteiger charge is 2.06. The molecule has 0 aliphatic heterocycles. The Kier molecular flexibility index (Phi) is 5.68. The average Bonchev–Trinajstić information content (AvgIpc) is 2.54. The van der Waals surface area contributed by atoms with E-state index >= 15 is 0 Å². The molecule has 3 N–H and O–H groups in total. The maximum Gasteiger partial charge on any atom is 0.189 e. The quantitative estimate of drug-likeness (QED) is 0.488. The van der Waals surface area contributed by atoms with Crippen LogP contribution in [0, 0.1) is 5.82 Å². The first-order valence-corrected chi connectivity index (χ1v) is 7.09. The van der Waals surface area contributed by atoms with Crippen molar-refractivity contribution in [2.75, 3.05) is 6.54 Å². The first kappa shape index (κ1) is 16.5. The smallest absolute Gasteiger partial charge is 0.189 e. The maximum absolute atomic E-state index is 14.1. The van der Waals surface area contributed by atoms with Gasteiger partial charge in [-0.2, -0.15) is 0 Å². The molecule has 0 spiro atoms. The predicted octanol–water partition coefficient (Wildman–Crippen LogP) is 2.99. The van der Waals surface area contributed by atoms with Crippen molar-refractivity contribution in [3.8, 4) is 11.5 Å². The third-order valence-electron chi connectivity index (χ3n) is 2.86. The number of benzene rings is 1. The van der Waals surface area contributed by atoms with Crippen LogP contribution in [-0.2, 0) is 6.54 Å². The van der Waals surface area contributed by atoms with E-state index in [9.17, 15) is 4.39 Å². The number of nitrogens with zero attached hydrogens (tertiary/aromatic N) is 2. The van der Waals surface area contributed by atoms with Crippen molar-refractivity contribution < 1.29 is 9.13 Å². The number of rotatable bonds is 6. The van der Waals surface area contributed by atoms with Crippen LogP contribution in [0.15, 0.2) is 59.9 Å². The third kappa shape index (κ3) is 5.43. The molecule has 0 aliphatic rings. The summed E-state index contributed by atoms with van der Waals surface area (Å²) in [6.07, 6.45) is 3.14. The number of nitrogens with one attached hydrogen (secondary N) is 1. The molecule has 0 atom stereocenters. The monoisotopic (exact) mass is 314 g/mol. The van der Waals surface area contributed by atoms with E-state index in [1.165, 1.54) is 12.3 Å².